The van der Waals surface area contributed by atoms with Gasteiger partial charge in [0.15, 0.2) is 0 Å². The van der Waals surface area contributed by atoms with Crippen LogP contribution in [0, 0.1) is 0 Å². The normalized spacial score (nSPS) is 20.6. The van der Waals surface area contributed by atoms with Crippen molar-refractivity contribution in [2.75, 3.05) is 13.7 Å². The van der Waals surface area contributed by atoms with Gasteiger partial charge in [-0.25, -0.2) is 0 Å². The van der Waals surface area contributed by atoms with Crippen LogP contribution >= 0.6 is 0 Å². The maximum atomic E-state index is 6.10. The lowest BCUT2D eigenvalue weighted by molar-refractivity contribution is 0.119. The Morgan fingerprint density at radius 1 is 1.28 bits per heavy atom. The highest BCUT2D eigenvalue weighted by Gasteiger charge is 2.32. The van der Waals surface area contributed by atoms with Crippen molar-refractivity contribution in [2.45, 2.75) is 50.5 Å². The Morgan fingerprint density at radius 2 is 2.00 bits per heavy atom. The summed E-state index contributed by atoms with van der Waals surface area (Å²) in [4.78, 5) is 0. The first-order chi connectivity index (χ1) is 8.72. The Morgan fingerprint density at radius 3 is 2.61 bits per heavy atom. The Bertz CT molecular complexity index is 382. The number of benzene rings is 1. The van der Waals surface area contributed by atoms with Crippen molar-refractivity contribution in [2.24, 2.45) is 5.73 Å². The molecule has 0 spiro atoms. The molecular weight excluding hydrogens is 222 g/mol. The van der Waals surface area contributed by atoms with Crippen molar-refractivity contribution in [3.05, 3.63) is 35.4 Å². The molecule has 1 aromatic rings. The second-order valence-corrected chi connectivity index (χ2v) is 5.55. The molecular formula is C16H25NO. The molecule has 18 heavy (non-hydrogen) atoms. The van der Waals surface area contributed by atoms with Gasteiger partial charge in [0.2, 0.25) is 0 Å². The SMILES string of the molecule is COC(C)c1cccc(C2(CN)CCCCC2)c1. The summed E-state index contributed by atoms with van der Waals surface area (Å²) in [5.41, 5.74) is 8.97. The molecule has 1 aliphatic rings. The van der Waals surface area contributed by atoms with Gasteiger partial charge in [0.25, 0.3) is 0 Å². The fourth-order valence-electron chi connectivity index (χ4n) is 3.10. The van der Waals surface area contributed by atoms with Crippen LogP contribution in [0.3, 0.4) is 0 Å². The van der Waals surface area contributed by atoms with E-state index in [1.165, 1.54) is 43.2 Å². The van der Waals surface area contributed by atoms with Crippen LogP contribution in [0.25, 0.3) is 0 Å². The van der Waals surface area contributed by atoms with Gasteiger partial charge in [-0.3, -0.25) is 0 Å². The summed E-state index contributed by atoms with van der Waals surface area (Å²) in [6, 6.07) is 8.83. The third kappa shape index (κ3) is 2.60. The highest BCUT2D eigenvalue weighted by Crippen LogP contribution is 2.39. The molecule has 0 radical (unpaired) electrons. The molecule has 0 bridgehead atoms. The van der Waals surface area contributed by atoms with E-state index in [0.29, 0.717) is 0 Å². The molecule has 0 saturated heterocycles. The van der Waals surface area contributed by atoms with E-state index in [4.69, 9.17) is 10.5 Å². The van der Waals surface area contributed by atoms with Crippen molar-refractivity contribution in [3.8, 4) is 0 Å². The summed E-state index contributed by atoms with van der Waals surface area (Å²) in [7, 11) is 1.76. The zero-order valence-electron chi connectivity index (χ0n) is 11.6. The summed E-state index contributed by atoms with van der Waals surface area (Å²) in [6.07, 6.45) is 6.59. The smallest absolute Gasteiger partial charge is 0.0793 e. The second kappa shape index (κ2) is 5.85. The molecule has 2 nitrogen and oxygen atoms in total. The molecule has 2 heteroatoms. The van der Waals surface area contributed by atoms with E-state index in [-0.39, 0.29) is 11.5 Å². The van der Waals surface area contributed by atoms with Crippen LogP contribution in [0.4, 0.5) is 0 Å². The quantitative estimate of drug-likeness (QED) is 0.883. The number of ether oxygens (including phenoxy) is 1. The fourth-order valence-corrected chi connectivity index (χ4v) is 3.10. The van der Waals surface area contributed by atoms with E-state index in [9.17, 15) is 0 Å². The van der Waals surface area contributed by atoms with Gasteiger partial charge >= 0.3 is 0 Å². The molecule has 0 aliphatic heterocycles. The lowest BCUT2D eigenvalue weighted by Crippen LogP contribution is -2.37. The Hall–Kier alpha value is -0.860. The standard InChI is InChI=1S/C16H25NO/c1-13(18-2)14-7-6-8-15(11-14)16(12-17)9-4-3-5-10-16/h6-8,11,13H,3-5,9-10,12,17H2,1-2H3. The monoisotopic (exact) mass is 247 g/mol. The van der Waals surface area contributed by atoms with Crippen LogP contribution in [0.15, 0.2) is 24.3 Å². The second-order valence-electron chi connectivity index (χ2n) is 5.55. The highest BCUT2D eigenvalue weighted by atomic mass is 16.5. The van der Waals surface area contributed by atoms with Crippen LogP contribution in [-0.4, -0.2) is 13.7 Å². The molecule has 1 atom stereocenters. The van der Waals surface area contributed by atoms with Crippen LogP contribution < -0.4 is 5.73 Å². The molecule has 0 aromatic heterocycles. The van der Waals surface area contributed by atoms with Crippen molar-refractivity contribution in [1.29, 1.82) is 0 Å². The lowest BCUT2D eigenvalue weighted by atomic mass is 9.69. The molecule has 1 aliphatic carbocycles. The molecule has 1 unspecified atom stereocenters. The molecule has 2 N–H and O–H groups in total. The first-order valence-corrected chi connectivity index (χ1v) is 7.05. The van der Waals surface area contributed by atoms with E-state index in [1.807, 2.05) is 0 Å². The zero-order chi connectivity index (χ0) is 13.0. The molecule has 1 aromatic carbocycles. The molecule has 1 fully saturated rings. The Labute approximate surface area is 111 Å². The predicted molar refractivity (Wildman–Crippen MR) is 75.7 cm³/mol. The van der Waals surface area contributed by atoms with Crippen LogP contribution in [0.2, 0.25) is 0 Å². The summed E-state index contributed by atoms with van der Waals surface area (Å²) < 4.78 is 5.41. The van der Waals surface area contributed by atoms with E-state index in [1.54, 1.807) is 7.11 Å². The number of nitrogens with two attached hydrogens (primary N) is 1. The first kappa shape index (κ1) is 13.6. The van der Waals surface area contributed by atoms with E-state index >= 15 is 0 Å². The highest BCUT2D eigenvalue weighted by molar-refractivity contribution is 5.32. The number of methoxy groups -OCH3 is 1. The van der Waals surface area contributed by atoms with E-state index in [2.05, 4.69) is 31.2 Å². The van der Waals surface area contributed by atoms with Gasteiger partial charge in [-0.15, -0.1) is 0 Å². The summed E-state index contributed by atoms with van der Waals surface area (Å²) in [5, 5.41) is 0. The number of rotatable bonds is 4. The Balaban J connectivity index is 2.30. The minimum Gasteiger partial charge on any atom is -0.377 e. The van der Waals surface area contributed by atoms with E-state index < -0.39 is 0 Å². The van der Waals surface area contributed by atoms with Gasteiger partial charge in [-0.1, -0.05) is 43.5 Å². The molecule has 2 rings (SSSR count). The predicted octanol–water partition coefficient (Wildman–Crippen LogP) is 3.55. The van der Waals surface area contributed by atoms with Gasteiger partial charge in [0.05, 0.1) is 6.10 Å². The molecule has 0 amide bonds. The first-order valence-electron chi connectivity index (χ1n) is 7.05. The zero-order valence-corrected chi connectivity index (χ0v) is 11.6. The van der Waals surface area contributed by atoms with Gasteiger partial charge in [-0.2, -0.15) is 0 Å². The van der Waals surface area contributed by atoms with Crippen molar-refractivity contribution in [3.63, 3.8) is 0 Å². The third-order valence-electron chi connectivity index (χ3n) is 4.52. The topological polar surface area (TPSA) is 35.2 Å². The Kier molecular flexibility index (Phi) is 4.41. The van der Waals surface area contributed by atoms with Gasteiger partial charge in [0, 0.05) is 19.1 Å². The minimum absolute atomic E-state index is 0.156. The number of hydrogen-bond acceptors (Lipinski definition) is 2. The summed E-state index contributed by atoms with van der Waals surface area (Å²) in [5.74, 6) is 0. The van der Waals surface area contributed by atoms with Crippen LogP contribution in [0.5, 0.6) is 0 Å². The van der Waals surface area contributed by atoms with Gasteiger partial charge < -0.3 is 10.5 Å². The van der Waals surface area contributed by atoms with Crippen molar-refractivity contribution in [1.82, 2.24) is 0 Å². The van der Waals surface area contributed by atoms with Crippen LogP contribution in [-0.2, 0) is 10.2 Å². The minimum atomic E-state index is 0.156. The largest absolute Gasteiger partial charge is 0.377 e. The third-order valence-corrected chi connectivity index (χ3v) is 4.52. The molecule has 0 heterocycles. The summed E-state index contributed by atoms with van der Waals surface area (Å²) >= 11 is 0. The molecule has 100 valence electrons. The number of hydrogen-bond donors (Lipinski definition) is 1. The van der Waals surface area contributed by atoms with E-state index in [0.717, 1.165) is 6.54 Å². The maximum Gasteiger partial charge on any atom is 0.0793 e. The average Bonchev–Trinajstić information content (AvgIpc) is 2.47. The van der Waals surface area contributed by atoms with Crippen molar-refractivity contribution >= 4 is 0 Å². The lowest BCUT2D eigenvalue weighted by Gasteiger charge is -2.37. The fraction of sp³-hybridized carbons (Fsp3) is 0.625. The molecule has 1 saturated carbocycles. The summed E-state index contributed by atoms with van der Waals surface area (Å²) in [6.45, 7) is 2.85. The van der Waals surface area contributed by atoms with Crippen molar-refractivity contribution < 1.29 is 4.74 Å². The van der Waals surface area contributed by atoms with Gasteiger partial charge in [-0.05, 0) is 30.9 Å². The average molecular weight is 247 g/mol. The van der Waals surface area contributed by atoms with Gasteiger partial charge in [0.1, 0.15) is 0 Å². The van der Waals surface area contributed by atoms with Crippen LogP contribution in [0.1, 0.15) is 56.3 Å². The maximum absolute atomic E-state index is 6.10.